The number of benzene rings is 3. The maximum atomic E-state index is 13.0. The molecular formula is C22H23NO3S. The van der Waals surface area contributed by atoms with E-state index in [1.807, 2.05) is 68.4 Å². The van der Waals surface area contributed by atoms with Gasteiger partial charge in [-0.3, -0.25) is 0 Å². The van der Waals surface area contributed by atoms with Gasteiger partial charge in [-0.25, -0.2) is 8.42 Å². The van der Waals surface area contributed by atoms with Crippen LogP contribution in [0.25, 0.3) is 0 Å². The van der Waals surface area contributed by atoms with Gasteiger partial charge in [0.1, 0.15) is 5.75 Å². The van der Waals surface area contributed by atoms with Gasteiger partial charge < -0.3 is 4.74 Å². The van der Waals surface area contributed by atoms with Gasteiger partial charge in [-0.1, -0.05) is 60.2 Å². The second-order valence-electron chi connectivity index (χ2n) is 6.28. The minimum absolute atomic E-state index is 0.207. The van der Waals surface area contributed by atoms with Gasteiger partial charge in [0, 0.05) is 0 Å². The van der Waals surface area contributed by atoms with Crippen molar-refractivity contribution >= 4 is 10.0 Å². The van der Waals surface area contributed by atoms with Crippen molar-refractivity contribution in [3.8, 4) is 5.75 Å². The summed E-state index contributed by atoms with van der Waals surface area (Å²) >= 11 is 0. The highest BCUT2D eigenvalue weighted by atomic mass is 32.2. The molecule has 0 amide bonds. The Balaban J connectivity index is 1.94. The summed E-state index contributed by atoms with van der Waals surface area (Å²) in [6.07, 6.45) is 0. The Morgan fingerprint density at radius 2 is 1.44 bits per heavy atom. The summed E-state index contributed by atoms with van der Waals surface area (Å²) in [7, 11) is -3.70. The summed E-state index contributed by atoms with van der Waals surface area (Å²) in [4.78, 5) is 0.207. The predicted molar refractivity (Wildman–Crippen MR) is 107 cm³/mol. The Morgan fingerprint density at radius 3 is 2.04 bits per heavy atom. The normalized spacial score (nSPS) is 12.5. The van der Waals surface area contributed by atoms with Crippen molar-refractivity contribution in [1.29, 1.82) is 0 Å². The van der Waals surface area contributed by atoms with Gasteiger partial charge in [-0.15, -0.1) is 0 Å². The summed E-state index contributed by atoms with van der Waals surface area (Å²) in [5, 5.41) is 0. The van der Waals surface area contributed by atoms with E-state index in [0.29, 0.717) is 12.4 Å². The second kappa shape index (κ2) is 8.37. The molecule has 0 aliphatic rings. The lowest BCUT2D eigenvalue weighted by molar-refractivity contribution is 0.340. The Morgan fingerprint density at radius 1 is 0.852 bits per heavy atom. The smallest absolute Gasteiger partial charge is 0.241 e. The average Bonchev–Trinajstić information content (AvgIpc) is 2.68. The van der Waals surface area contributed by atoms with Crippen LogP contribution in [-0.4, -0.2) is 15.0 Å². The first-order valence-corrected chi connectivity index (χ1v) is 10.3. The number of hydrogen-bond acceptors (Lipinski definition) is 3. The van der Waals surface area contributed by atoms with Crippen LogP contribution in [0.2, 0.25) is 0 Å². The number of hydrogen-bond donors (Lipinski definition) is 1. The fourth-order valence-corrected chi connectivity index (χ4v) is 4.05. The lowest BCUT2D eigenvalue weighted by atomic mass is 9.99. The SMILES string of the molecule is CCOc1ccc(S(=O)(=O)NC(c2ccccc2)c2ccc(C)cc2)cc1. The van der Waals surface area contributed by atoms with Crippen molar-refractivity contribution in [3.05, 3.63) is 95.6 Å². The molecule has 0 heterocycles. The van der Waals surface area contributed by atoms with E-state index in [4.69, 9.17) is 4.74 Å². The molecule has 1 unspecified atom stereocenters. The monoisotopic (exact) mass is 381 g/mol. The van der Waals surface area contributed by atoms with Crippen molar-refractivity contribution in [3.63, 3.8) is 0 Å². The third-order valence-electron chi connectivity index (χ3n) is 4.26. The molecule has 140 valence electrons. The van der Waals surface area contributed by atoms with Gasteiger partial charge >= 0.3 is 0 Å². The maximum Gasteiger partial charge on any atom is 0.241 e. The standard InChI is InChI=1S/C22H23NO3S/c1-3-26-20-13-15-21(16-14-20)27(24,25)23-22(18-7-5-4-6-8-18)19-11-9-17(2)10-12-19/h4-16,22-23H,3H2,1-2H3. The fraction of sp³-hybridized carbons (Fsp3) is 0.182. The van der Waals surface area contributed by atoms with Gasteiger partial charge in [-0.05, 0) is 49.2 Å². The average molecular weight is 381 g/mol. The summed E-state index contributed by atoms with van der Waals surface area (Å²) < 4.78 is 34.2. The molecule has 0 fully saturated rings. The lowest BCUT2D eigenvalue weighted by Gasteiger charge is -2.20. The molecule has 4 nitrogen and oxygen atoms in total. The molecule has 0 spiro atoms. The van der Waals surface area contributed by atoms with Crippen LogP contribution in [-0.2, 0) is 10.0 Å². The zero-order valence-electron chi connectivity index (χ0n) is 15.4. The van der Waals surface area contributed by atoms with Crippen LogP contribution >= 0.6 is 0 Å². The van der Waals surface area contributed by atoms with Gasteiger partial charge in [0.2, 0.25) is 10.0 Å². The van der Waals surface area contributed by atoms with Crippen LogP contribution in [0.3, 0.4) is 0 Å². The Kier molecular flexibility index (Phi) is 5.94. The zero-order valence-corrected chi connectivity index (χ0v) is 16.2. The maximum absolute atomic E-state index is 13.0. The van der Waals surface area contributed by atoms with E-state index >= 15 is 0 Å². The Hall–Kier alpha value is -2.63. The molecule has 0 aliphatic carbocycles. The minimum Gasteiger partial charge on any atom is -0.494 e. The highest BCUT2D eigenvalue weighted by Crippen LogP contribution is 2.25. The van der Waals surface area contributed by atoms with Crippen LogP contribution in [0, 0.1) is 6.92 Å². The van der Waals surface area contributed by atoms with E-state index < -0.39 is 16.1 Å². The highest BCUT2D eigenvalue weighted by Gasteiger charge is 2.23. The molecule has 3 aromatic rings. The summed E-state index contributed by atoms with van der Waals surface area (Å²) in [6, 6.07) is 23.4. The van der Waals surface area contributed by atoms with E-state index in [9.17, 15) is 8.42 Å². The third kappa shape index (κ3) is 4.76. The van der Waals surface area contributed by atoms with Crippen molar-refractivity contribution in [2.45, 2.75) is 24.8 Å². The van der Waals surface area contributed by atoms with E-state index in [1.165, 1.54) is 0 Å². The fourth-order valence-electron chi connectivity index (χ4n) is 2.84. The van der Waals surface area contributed by atoms with E-state index in [1.54, 1.807) is 24.3 Å². The van der Waals surface area contributed by atoms with Gasteiger partial charge in [-0.2, -0.15) is 4.72 Å². The molecule has 27 heavy (non-hydrogen) atoms. The number of aryl methyl sites for hydroxylation is 1. The van der Waals surface area contributed by atoms with Crippen LogP contribution in [0.1, 0.15) is 29.7 Å². The van der Waals surface area contributed by atoms with Crippen LogP contribution in [0.5, 0.6) is 5.75 Å². The van der Waals surface area contributed by atoms with Crippen molar-refractivity contribution < 1.29 is 13.2 Å². The molecule has 3 aromatic carbocycles. The second-order valence-corrected chi connectivity index (χ2v) is 7.99. The molecule has 0 saturated heterocycles. The highest BCUT2D eigenvalue weighted by molar-refractivity contribution is 7.89. The zero-order chi connectivity index (χ0) is 19.3. The molecule has 0 aliphatic heterocycles. The van der Waals surface area contributed by atoms with Crippen molar-refractivity contribution in [1.82, 2.24) is 4.72 Å². The van der Waals surface area contributed by atoms with E-state index in [2.05, 4.69) is 4.72 Å². The predicted octanol–water partition coefficient (Wildman–Crippen LogP) is 4.46. The van der Waals surface area contributed by atoms with Crippen LogP contribution < -0.4 is 9.46 Å². The summed E-state index contributed by atoms with van der Waals surface area (Å²) in [5.74, 6) is 0.648. The Bertz CT molecular complexity index is 966. The molecule has 3 rings (SSSR count). The van der Waals surface area contributed by atoms with Crippen molar-refractivity contribution in [2.24, 2.45) is 0 Å². The molecule has 0 aromatic heterocycles. The number of rotatable bonds is 7. The molecule has 1 N–H and O–H groups in total. The van der Waals surface area contributed by atoms with Gasteiger partial charge in [0.05, 0.1) is 17.5 Å². The summed E-state index contributed by atoms with van der Waals surface area (Å²) in [5.41, 5.74) is 2.90. The molecule has 0 radical (unpaired) electrons. The lowest BCUT2D eigenvalue weighted by Crippen LogP contribution is -2.29. The quantitative estimate of drug-likeness (QED) is 0.657. The minimum atomic E-state index is -3.70. The molecular weight excluding hydrogens is 358 g/mol. The topological polar surface area (TPSA) is 55.4 Å². The van der Waals surface area contributed by atoms with E-state index in [-0.39, 0.29) is 4.90 Å². The molecule has 0 saturated carbocycles. The molecule has 1 atom stereocenters. The first-order valence-electron chi connectivity index (χ1n) is 8.86. The molecule has 5 heteroatoms. The van der Waals surface area contributed by atoms with Crippen molar-refractivity contribution in [2.75, 3.05) is 6.61 Å². The number of ether oxygens (including phenoxy) is 1. The van der Waals surface area contributed by atoms with Gasteiger partial charge in [0.15, 0.2) is 0 Å². The van der Waals surface area contributed by atoms with E-state index in [0.717, 1.165) is 16.7 Å². The van der Waals surface area contributed by atoms with Crippen LogP contribution in [0.15, 0.2) is 83.8 Å². The first kappa shape index (κ1) is 19.1. The largest absolute Gasteiger partial charge is 0.494 e. The van der Waals surface area contributed by atoms with Gasteiger partial charge in [0.25, 0.3) is 0 Å². The number of nitrogens with one attached hydrogen (secondary N) is 1. The Labute approximate surface area is 160 Å². The molecule has 0 bridgehead atoms. The number of sulfonamides is 1. The third-order valence-corrected chi connectivity index (χ3v) is 5.70. The van der Waals surface area contributed by atoms with Crippen LogP contribution in [0.4, 0.5) is 0 Å². The summed E-state index contributed by atoms with van der Waals surface area (Å²) in [6.45, 7) is 4.43. The first-order chi connectivity index (χ1) is 13.0.